The molecule has 0 bridgehead atoms. The zero-order valence-corrected chi connectivity index (χ0v) is 20.2. The number of esters is 1. The molecule has 2 aliphatic heterocycles. The van der Waals surface area contributed by atoms with Crippen molar-refractivity contribution in [3.63, 3.8) is 0 Å². The molecule has 1 aromatic rings. The van der Waals surface area contributed by atoms with E-state index in [2.05, 4.69) is 0 Å². The number of morpholine rings is 1. The normalized spacial score (nSPS) is 20.8. The van der Waals surface area contributed by atoms with Crippen molar-refractivity contribution in [2.45, 2.75) is 24.3 Å². The summed E-state index contributed by atoms with van der Waals surface area (Å²) in [6, 6.07) is 3.42. The SMILES string of the molecule is CCN(C(=O)COC(=O)c1ccc(OC)c(S(=O)(=O)N2CCOCC2)c1)[C@H]1CCS(=O)(=O)C1. The van der Waals surface area contributed by atoms with Crippen molar-refractivity contribution in [1.29, 1.82) is 0 Å². The van der Waals surface area contributed by atoms with E-state index in [-0.39, 0.29) is 60.6 Å². The zero-order chi connectivity index (χ0) is 24.2. The fraction of sp³-hybridized carbons (Fsp3) is 0.600. The average molecular weight is 505 g/mol. The first kappa shape index (κ1) is 25.4. The number of amides is 1. The number of ether oxygens (including phenoxy) is 3. The highest BCUT2D eigenvalue weighted by atomic mass is 32.2. The van der Waals surface area contributed by atoms with Gasteiger partial charge in [0.2, 0.25) is 10.0 Å². The molecule has 0 aromatic heterocycles. The molecule has 0 N–H and O–H groups in total. The maximum atomic E-state index is 13.1. The van der Waals surface area contributed by atoms with Gasteiger partial charge in [-0.15, -0.1) is 0 Å². The third-order valence-electron chi connectivity index (χ3n) is 5.62. The lowest BCUT2D eigenvalue weighted by Crippen LogP contribution is -2.43. The predicted octanol–water partition coefficient (Wildman–Crippen LogP) is -0.0915. The highest BCUT2D eigenvalue weighted by molar-refractivity contribution is 7.91. The molecular formula is C20H28N2O9S2. The molecule has 2 fully saturated rings. The molecule has 33 heavy (non-hydrogen) atoms. The van der Waals surface area contributed by atoms with Gasteiger partial charge in [-0.3, -0.25) is 4.79 Å². The molecule has 0 unspecified atom stereocenters. The molecule has 0 saturated carbocycles. The van der Waals surface area contributed by atoms with Gasteiger partial charge in [-0.25, -0.2) is 21.6 Å². The van der Waals surface area contributed by atoms with E-state index in [1.54, 1.807) is 6.92 Å². The van der Waals surface area contributed by atoms with Gasteiger partial charge in [-0.05, 0) is 31.5 Å². The van der Waals surface area contributed by atoms with Gasteiger partial charge in [-0.2, -0.15) is 4.31 Å². The minimum atomic E-state index is -3.94. The predicted molar refractivity (Wildman–Crippen MR) is 117 cm³/mol. The Morgan fingerprint density at radius 2 is 1.94 bits per heavy atom. The van der Waals surface area contributed by atoms with Crippen LogP contribution in [0.15, 0.2) is 23.1 Å². The van der Waals surface area contributed by atoms with Gasteiger partial charge in [0.15, 0.2) is 16.4 Å². The van der Waals surface area contributed by atoms with E-state index in [9.17, 15) is 26.4 Å². The first-order chi connectivity index (χ1) is 15.6. The van der Waals surface area contributed by atoms with Crippen LogP contribution in [-0.4, -0.2) is 102 Å². The van der Waals surface area contributed by atoms with E-state index in [1.165, 1.54) is 28.4 Å². The minimum absolute atomic E-state index is 0.0213. The van der Waals surface area contributed by atoms with Crippen LogP contribution in [0.3, 0.4) is 0 Å². The number of methoxy groups -OCH3 is 1. The summed E-state index contributed by atoms with van der Waals surface area (Å²) in [5.41, 5.74) is -0.0538. The quantitative estimate of drug-likeness (QED) is 0.445. The second-order valence-corrected chi connectivity index (χ2v) is 11.8. The summed E-state index contributed by atoms with van der Waals surface area (Å²) < 4.78 is 66.3. The number of carbonyl (C=O) groups is 2. The molecule has 1 aromatic carbocycles. The molecule has 13 heteroatoms. The van der Waals surface area contributed by atoms with Crippen molar-refractivity contribution >= 4 is 31.7 Å². The number of hydrogen-bond donors (Lipinski definition) is 0. The number of likely N-dealkylation sites (N-methyl/N-ethyl adjacent to an activating group) is 1. The molecule has 0 aliphatic carbocycles. The van der Waals surface area contributed by atoms with E-state index < -0.39 is 44.4 Å². The lowest BCUT2D eigenvalue weighted by atomic mass is 10.2. The molecule has 0 spiro atoms. The molecule has 1 atom stereocenters. The summed E-state index contributed by atoms with van der Waals surface area (Å²) in [4.78, 5) is 26.3. The Kier molecular flexibility index (Phi) is 7.98. The molecule has 2 saturated heterocycles. The van der Waals surface area contributed by atoms with Gasteiger partial charge in [0.25, 0.3) is 5.91 Å². The second kappa shape index (κ2) is 10.4. The van der Waals surface area contributed by atoms with Crippen LogP contribution in [0.4, 0.5) is 0 Å². The highest BCUT2D eigenvalue weighted by Gasteiger charge is 2.34. The van der Waals surface area contributed by atoms with Crippen LogP contribution in [0, 0.1) is 0 Å². The Hall–Kier alpha value is -2.22. The number of carbonyl (C=O) groups excluding carboxylic acids is 2. The van der Waals surface area contributed by atoms with E-state index in [1.807, 2.05) is 0 Å². The molecule has 1 amide bonds. The zero-order valence-electron chi connectivity index (χ0n) is 18.6. The van der Waals surface area contributed by atoms with Crippen LogP contribution in [0.5, 0.6) is 5.75 Å². The summed E-state index contributed by atoms with van der Waals surface area (Å²) in [6.07, 6.45) is 0.344. The first-order valence-electron chi connectivity index (χ1n) is 10.5. The first-order valence-corrected chi connectivity index (χ1v) is 13.8. The van der Waals surface area contributed by atoms with E-state index in [0.717, 1.165) is 6.07 Å². The maximum Gasteiger partial charge on any atom is 0.338 e. The molecule has 2 heterocycles. The van der Waals surface area contributed by atoms with E-state index in [0.29, 0.717) is 6.42 Å². The number of nitrogens with zero attached hydrogens (tertiary/aromatic N) is 2. The minimum Gasteiger partial charge on any atom is -0.495 e. The maximum absolute atomic E-state index is 13.1. The Balaban J connectivity index is 1.72. The Labute approximate surface area is 193 Å². The van der Waals surface area contributed by atoms with E-state index >= 15 is 0 Å². The van der Waals surface area contributed by atoms with Crippen LogP contribution in [0.1, 0.15) is 23.7 Å². The van der Waals surface area contributed by atoms with E-state index in [4.69, 9.17) is 14.2 Å². The molecular weight excluding hydrogens is 476 g/mol. The Bertz CT molecular complexity index is 1100. The summed E-state index contributed by atoms with van der Waals surface area (Å²) in [5.74, 6) is -1.40. The standard InChI is InChI=1S/C20H28N2O9S2/c1-3-22(16-6-11-32(25,26)14-16)19(23)13-31-20(24)15-4-5-17(29-2)18(12-15)33(27,28)21-7-9-30-10-8-21/h4-5,12,16H,3,6-11,13-14H2,1-2H3/t16-/m0/s1. The van der Waals surface area contributed by atoms with Gasteiger partial charge in [0.05, 0.1) is 37.4 Å². The summed E-state index contributed by atoms with van der Waals surface area (Å²) >= 11 is 0. The van der Waals surface area contributed by atoms with Gasteiger partial charge < -0.3 is 19.1 Å². The number of benzene rings is 1. The topological polar surface area (TPSA) is 137 Å². The highest BCUT2D eigenvalue weighted by Crippen LogP contribution is 2.28. The summed E-state index contributed by atoms with van der Waals surface area (Å²) in [7, 11) is -5.79. The van der Waals surface area contributed by atoms with Crippen molar-refractivity contribution in [1.82, 2.24) is 9.21 Å². The third-order valence-corrected chi connectivity index (χ3v) is 9.29. The summed E-state index contributed by atoms with van der Waals surface area (Å²) in [5, 5.41) is 0. The lowest BCUT2D eigenvalue weighted by molar-refractivity contribution is -0.136. The van der Waals surface area contributed by atoms with Crippen LogP contribution in [0.2, 0.25) is 0 Å². The number of sulfonamides is 1. The Morgan fingerprint density at radius 1 is 1.24 bits per heavy atom. The molecule has 0 radical (unpaired) electrons. The molecule has 184 valence electrons. The number of sulfone groups is 1. The largest absolute Gasteiger partial charge is 0.495 e. The number of rotatable bonds is 8. The summed E-state index contributed by atoms with van der Waals surface area (Å²) in [6.45, 7) is 2.30. The molecule has 3 rings (SSSR count). The average Bonchev–Trinajstić information content (AvgIpc) is 3.17. The fourth-order valence-corrected chi connectivity index (χ4v) is 7.20. The van der Waals surface area contributed by atoms with Crippen molar-refractivity contribution in [3.8, 4) is 5.75 Å². The van der Waals surface area contributed by atoms with Crippen molar-refractivity contribution < 1.29 is 40.6 Å². The van der Waals surface area contributed by atoms with Crippen LogP contribution in [0.25, 0.3) is 0 Å². The second-order valence-electron chi connectivity index (χ2n) is 7.69. The van der Waals surface area contributed by atoms with Gasteiger partial charge in [0, 0.05) is 25.7 Å². The number of hydrogen-bond acceptors (Lipinski definition) is 9. The van der Waals surface area contributed by atoms with Crippen LogP contribution < -0.4 is 4.74 Å². The van der Waals surface area contributed by atoms with Gasteiger partial charge >= 0.3 is 5.97 Å². The molecule has 11 nitrogen and oxygen atoms in total. The third kappa shape index (κ3) is 5.83. The van der Waals surface area contributed by atoms with Crippen LogP contribution in [-0.2, 0) is 34.1 Å². The van der Waals surface area contributed by atoms with Crippen molar-refractivity contribution in [2.24, 2.45) is 0 Å². The van der Waals surface area contributed by atoms with Gasteiger partial charge in [0.1, 0.15) is 10.6 Å². The van der Waals surface area contributed by atoms with Crippen molar-refractivity contribution in [3.05, 3.63) is 23.8 Å². The molecule has 2 aliphatic rings. The monoisotopic (exact) mass is 504 g/mol. The van der Waals surface area contributed by atoms with Crippen LogP contribution >= 0.6 is 0 Å². The lowest BCUT2D eigenvalue weighted by Gasteiger charge is -2.27. The Morgan fingerprint density at radius 3 is 2.52 bits per heavy atom. The van der Waals surface area contributed by atoms with Crippen molar-refractivity contribution in [2.75, 3.05) is 58.1 Å². The smallest absolute Gasteiger partial charge is 0.338 e. The van der Waals surface area contributed by atoms with Gasteiger partial charge in [-0.1, -0.05) is 0 Å². The fourth-order valence-electron chi connectivity index (χ4n) is 3.88.